The molecule has 2 amide bonds. The topological polar surface area (TPSA) is 63.7 Å². The van der Waals surface area contributed by atoms with Crippen LogP contribution >= 0.6 is 0 Å². The number of hydrogen-bond donors (Lipinski definition) is 0. The minimum Gasteiger partial charge on any atom is -0.329 e. The maximum atomic E-state index is 12.7. The number of amides is 2. The number of hydrogen-bond acceptors (Lipinski definition) is 4. The van der Waals surface area contributed by atoms with Gasteiger partial charge in [0.05, 0.1) is 11.1 Å². The predicted octanol–water partition coefficient (Wildman–Crippen LogP) is 1.40. The first kappa shape index (κ1) is 11.8. The molecule has 0 unspecified atom stereocenters. The smallest absolute Gasteiger partial charge is 0.329 e. The second kappa shape index (κ2) is 3.59. The van der Waals surface area contributed by atoms with Crippen molar-refractivity contribution in [2.45, 2.75) is 12.3 Å². The summed E-state index contributed by atoms with van der Waals surface area (Å²) in [6.45, 7) is 0. The van der Waals surface area contributed by atoms with E-state index < -0.39 is 36.0 Å². The van der Waals surface area contributed by atoms with Crippen LogP contribution in [0.3, 0.4) is 0 Å². The molecule has 0 N–H and O–H groups in total. The van der Waals surface area contributed by atoms with Gasteiger partial charge < -0.3 is 4.84 Å². The molecule has 0 aromatic heterocycles. The Balaban J connectivity index is 1.80. The van der Waals surface area contributed by atoms with Crippen LogP contribution in [0.2, 0.25) is 0 Å². The van der Waals surface area contributed by atoms with Gasteiger partial charge in [-0.1, -0.05) is 17.2 Å². The third-order valence-electron chi connectivity index (χ3n) is 3.05. The lowest BCUT2D eigenvalue weighted by molar-refractivity contribution is -0.172. The number of hydroxylamine groups is 2. The molecule has 0 spiro atoms. The number of rotatable bonds is 2. The van der Waals surface area contributed by atoms with E-state index in [-0.39, 0.29) is 16.2 Å². The molecule has 1 atom stereocenters. The normalized spacial score (nSPS) is 23.3. The molecule has 7 heteroatoms. The molecule has 1 saturated carbocycles. The zero-order valence-corrected chi connectivity index (χ0v) is 9.43. The van der Waals surface area contributed by atoms with Crippen molar-refractivity contribution in [3.63, 3.8) is 0 Å². The van der Waals surface area contributed by atoms with E-state index in [2.05, 4.69) is 4.84 Å². The first-order valence-corrected chi connectivity index (χ1v) is 5.49. The Labute approximate surface area is 105 Å². The van der Waals surface area contributed by atoms with Gasteiger partial charge in [0.1, 0.15) is 5.92 Å². The van der Waals surface area contributed by atoms with Crippen LogP contribution in [-0.4, -0.2) is 28.8 Å². The predicted molar refractivity (Wildman–Crippen MR) is 56.1 cm³/mol. The van der Waals surface area contributed by atoms with Crippen LogP contribution < -0.4 is 0 Å². The molecule has 98 valence electrons. The molecule has 1 fully saturated rings. The van der Waals surface area contributed by atoms with E-state index in [0.717, 1.165) is 0 Å². The maximum Gasteiger partial charge on any atom is 0.342 e. The second-order valence-electron chi connectivity index (χ2n) is 4.38. The molecule has 1 aliphatic heterocycles. The molecule has 0 bridgehead atoms. The quantitative estimate of drug-likeness (QED) is 0.760. The fourth-order valence-electron chi connectivity index (χ4n) is 1.87. The van der Waals surface area contributed by atoms with Crippen LogP contribution in [0.4, 0.5) is 8.78 Å². The molecule has 3 rings (SSSR count). The van der Waals surface area contributed by atoms with E-state index in [1.165, 1.54) is 12.1 Å². The van der Waals surface area contributed by atoms with Crippen LogP contribution in [0.5, 0.6) is 0 Å². The Bertz CT molecular complexity index is 579. The molecule has 1 heterocycles. The van der Waals surface area contributed by atoms with E-state index in [4.69, 9.17) is 0 Å². The molecule has 1 aromatic carbocycles. The standard InChI is InChI=1S/C12H7F2NO4/c13-12(14)5-8(12)11(18)19-15-9(16)6-3-1-2-4-7(6)10(15)17/h1-4,8H,5H2/t8-/m1/s1. The zero-order chi connectivity index (χ0) is 13.8. The van der Waals surface area contributed by atoms with Crippen molar-refractivity contribution in [2.24, 2.45) is 5.92 Å². The van der Waals surface area contributed by atoms with E-state index in [1.54, 1.807) is 12.1 Å². The van der Waals surface area contributed by atoms with Crippen LogP contribution in [-0.2, 0) is 9.63 Å². The first-order valence-electron chi connectivity index (χ1n) is 5.49. The molecule has 1 aliphatic carbocycles. The van der Waals surface area contributed by atoms with E-state index in [9.17, 15) is 23.2 Å². The van der Waals surface area contributed by atoms with Crippen molar-refractivity contribution in [1.82, 2.24) is 5.06 Å². The fraction of sp³-hybridized carbons (Fsp3) is 0.250. The number of benzene rings is 1. The van der Waals surface area contributed by atoms with Crippen molar-refractivity contribution < 1.29 is 28.0 Å². The summed E-state index contributed by atoms with van der Waals surface area (Å²) in [6.07, 6.45) is -0.616. The number of alkyl halides is 2. The largest absolute Gasteiger partial charge is 0.342 e. The van der Waals surface area contributed by atoms with Gasteiger partial charge in [-0.2, -0.15) is 0 Å². The second-order valence-corrected chi connectivity index (χ2v) is 4.38. The number of carbonyl (C=O) groups is 3. The number of halogens is 2. The average Bonchev–Trinajstić information content (AvgIpc) is 2.96. The summed E-state index contributed by atoms with van der Waals surface area (Å²) in [6, 6.07) is 5.89. The summed E-state index contributed by atoms with van der Waals surface area (Å²) in [4.78, 5) is 39.4. The highest BCUT2D eigenvalue weighted by Gasteiger charge is 2.63. The number of nitrogens with zero attached hydrogens (tertiary/aromatic N) is 1. The van der Waals surface area contributed by atoms with Crippen molar-refractivity contribution in [3.8, 4) is 0 Å². The van der Waals surface area contributed by atoms with Crippen LogP contribution in [0.15, 0.2) is 24.3 Å². The highest BCUT2D eigenvalue weighted by Crippen LogP contribution is 2.49. The first-order chi connectivity index (χ1) is 8.92. The van der Waals surface area contributed by atoms with Gasteiger partial charge in [0.2, 0.25) is 0 Å². The Hall–Kier alpha value is -2.31. The van der Waals surface area contributed by atoms with Crippen LogP contribution in [0.1, 0.15) is 27.1 Å². The minimum absolute atomic E-state index is 0.0860. The summed E-state index contributed by atoms with van der Waals surface area (Å²) in [7, 11) is 0. The van der Waals surface area contributed by atoms with Crippen molar-refractivity contribution in [1.29, 1.82) is 0 Å². The number of fused-ring (bicyclic) bond motifs is 1. The Kier molecular flexibility index (Phi) is 2.23. The fourth-order valence-corrected chi connectivity index (χ4v) is 1.87. The lowest BCUT2D eigenvalue weighted by Crippen LogP contribution is -2.33. The molecule has 19 heavy (non-hydrogen) atoms. The Morgan fingerprint density at radius 2 is 1.68 bits per heavy atom. The lowest BCUT2D eigenvalue weighted by atomic mass is 10.1. The zero-order valence-electron chi connectivity index (χ0n) is 9.43. The summed E-state index contributed by atoms with van der Waals surface area (Å²) in [5, 5.41) is 0.237. The highest BCUT2D eigenvalue weighted by atomic mass is 19.3. The van der Waals surface area contributed by atoms with Gasteiger partial charge in [-0.3, -0.25) is 9.59 Å². The molecule has 0 saturated heterocycles. The minimum atomic E-state index is -3.10. The highest BCUT2D eigenvalue weighted by molar-refractivity contribution is 6.20. The molecule has 2 aliphatic rings. The number of carbonyl (C=O) groups excluding carboxylic acids is 3. The van der Waals surface area contributed by atoms with E-state index >= 15 is 0 Å². The summed E-state index contributed by atoms with van der Waals surface area (Å²) >= 11 is 0. The number of imide groups is 1. The maximum absolute atomic E-state index is 12.7. The third-order valence-corrected chi connectivity index (χ3v) is 3.05. The van der Waals surface area contributed by atoms with Gasteiger partial charge in [-0.15, -0.1) is 0 Å². The lowest BCUT2D eigenvalue weighted by Gasteiger charge is -2.12. The monoisotopic (exact) mass is 267 g/mol. The Morgan fingerprint density at radius 1 is 1.21 bits per heavy atom. The van der Waals surface area contributed by atoms with Gasteiger partial charge >= 0.3 is 5.97 Å². The van der Waals surface area contributed by atoms with Gasteiger partial charge in [0.25, 0.3) is 17.7 Å². The van der Waals surface area contributed by atoms with Gasteiger partial charge in [-0.25, -0.2) is 13.6 Å². The van der Waals surface area contributed by atoms with E-state index in [0.29, 0.717) is 0 Å². The summed E-state index contributed by atoms with van der Waals surface area (Å²) in [5.41, 5.74) is 0.172. The summed E-state index contributed by atoms with van der Waals surface area (Å²) in [5.74, 6) is -7.58. The van der Waals surface area contributed by atoms with Crippen LogP contribution in [0.25, 0.3) is 0 Å². The van der Waals surface area contributed by atoms with Crippen LogP contribution in [0, 0.1) is 5.92 Å². The molecule has 1 aromatic rings. The molecular formula is C12H7F2NO4. The van der Waals surface area contributed by atoms with Crippen molar-refractivity contribution >= 4 is 17.8 Å². The Morgan fingerprint density at radius 3 is 2.11 bits per heavy atom. The van der Waals surface area contributed by atoms with Gasteiger partial charge in [-0.05, 0) is 12.1 Å². The van der Waals surface area contributed by atoms with E-state index in [1.807, 2.05) is 0 Å². The van der Waals surface area contributed by atoms with Crippen molar-refractivity contribution in [2.75, 3.05) is 0 Å². The van der Waals surface area contributed by atoms with Crippen molar-refractivity contribution in [3.05, 3.63) is 35.4 Å². The SMILES string of the molecule is O=C(ON1C(=O)c2ccccc2C1=O)[C@H]1CC1(F)F. The van der Waals surface area contributed by atoms with Gasteiger partial charge in [0, 0.05) is 6.42 Å². The molecular weight excluding hydrogens is 260 g/mol. The molecule has 5 nitrogen and oxygen atoms in total. The third kappa shape index (κ3) is 1.69. The molecule has 0 radical (unpaired) electrons. The summed E-state index contributed by atoms with van der Waals surface area (Å²) < 4.78 is 25.4. The average molecular weight is 267 g/mol. The van der Waals surface area contributed by atoms with Gasteiger partial charge in [0.15, 0.2) is 0 Å².